The van der Waals surface area contributed by atoms with Crippen molar-refractivity contribution in [3.05, 3.63) is 58.1 Å². The van der Waals surface area contributed by atoms with Crippen LogP contribution in [0.25, 0.3) is 0 Å². The Morgan fingerprint density at radius 2 is 1.90 bits per heavy atom. The van der Waals surface area contributed by atoms with Gasteiger partial charge in [-0.1, -0.05) is 22.0 Å². The summed E-state index contributed by atoms with van der Waals surface area (Å²) in [4.78, 5) is 0. The Morgan fingerprint density at radius 3 is 2.60 bits per heavy atom. The molecule has 0 amide bonds. The molecule has 2 aromatic rings. The molecule has 0 saturated carbocycles. The van der Waals surface area contributed by atoms with Gasteiger partial charge in [-0.3, -0.25) is 0 Å². The third-order valence-corrected chi connectivity index (χ3v) is 3.18. The maximum atomic E-state index is 13.6. The van der Waals surface area contributed by atoms with Gasteiger partial charge < -0.3 is 10.5 Å². The summed E-state index contributed by atoms with van der Waals surface area (Å²) in [5, 5.41) is 0. The van der Waals surface area contributed by atoms with Gasteiger partial charge in [0.15, 0.2) is 11.6 Å². The van der Waals surface area contributed by atoms with Gasteiger partial charge in [-0.2, -0.15) is 0 Å². The minimum atomic E-state index is -0.613. The van der Waals surface area contributed by atoms with Gasteiger partial charge in [-0.05, 0) is 43.2 Å². The second kappa shape index (κ2) is 6.33. The Morgan fingerprint density at radius 1 is 1.15 bits per heavy atom. The number of hydrogen-bond donors (Lipinski definition) is 1. The van der Waals surface area contributed by atoms with Gasteiger partial charge in [0.2, 0.25) is 0 Å². The van der Waals surface area contributed by atoms with E-state index < -0.39 is 11.6 Å². The highest BCUT2D eigenvalue weighted by molar-refractivity contribution is 9.10. The molecule has 0 saturated heterocycles. The molecule has 0 aliphatic rings. The van der Waals surface area contributed by atoms with Crippen LogP contribution in [0.5, 0.6) is 11.5 Å². The first-order chi connectivity index (χ1) is 9.45. The maximum Gasteiger partial charge on any atom is 0.165 e. The SMILES string of the molecule is CC(N)Cc1ccc(Br)cc1Oc1cc(F)ccc1F. The van der Waals surface area contributed by atoms with Crippen LogP contribution in [0.3, 0.4) is 0 Å². The molecular formula is C15H14BrF2NO. The van der Waals surface area contributed by atoms with Crippen molar-refractivity contribution in [3.8, 4) is 11.5 Å². The zero-order valence-corrected chi connectivity index (χ0v) is 12.5. The number of nitrogens with two attached hydrogens (primary N) is 1. The van der Waals surface area contributed by atoms with Gasteiger partial charge >= 0.3 is 0 Å². The van der Waals surface area contributed by atoms with Crippen molar-refractivity contribution in [3.63, 3.8) is 0 Å². The Kier molecular flexibility index (Phi) is 4.73. The summed E-state index contributed by atoms with van der Waals surface area (Å²) in [5.41, 5.74) is 6.62. The summed E-state index contributed by atoms with van der Waals surface area (Å²) >= 11 is 3.33. The van der Waals surface area contributed by atoms with Gasteiger partial charge in [-0.25, -0.2) is 8.78 Å². The van der Waals surface area contributed by atoms with Crippen LogP contribution in [-0.4, -0.2) is 6.04 Å². The van der Waals surface area contributed by atoms with E-state index in [2.05, 4.69) is 15.9 Å². The van der Waals surface area contributed by atoms with E-state index >= 15 is 0 Å². The summed E-state index contributed by atoms with van der Waals surface area (Å²) in [7, 11) is 0. The number of halogens is 3. The third-order valence-electron chi connectivity index (χ3n) is 2.68. The van der Waals surface area contributed by atoms with Crippen molar-refractivity contribution >= 4 is 15.9 Å². The lowest BCUT2D eigenvalue weighted by Crippen LogP contribution is -2.18. The van der Waals surface area contributed by atoms with E-state index in [1.165, 1.54) is 0 Å². The molecule has 0 radical (unpaired) electrons. The number of ether oxygens (including phenoxy) is 1. The van der Waals surface area contributed by atoms with E-state index in [4.69, 9.17) is 10.5 Å². The number of benzene rings is 2. The topological polar surface area (TPSA) is 35.2 Å². The van der Waals surface area contributed by atoms with Gasteiger partial charge in [0, 0.05) is 16.6 Å². The summed E-state index contributed by atoms with van der Waals surface area (Å²) in [6.45, 7) is 1.87. The molecule has 1 unspecified atom stereocenters. The van der Waals surface area contributed by atoms with Gasteiger partial charge in [0.05, 0.1) is 0 Å². The highest BCUT2D eigenvalue weighted by Gasteiger charge is 2.11. The maximum absolute atomic E-state index is 13.6. The summed E-state index contributed by atoms with van der Waals surface area (Å²) in [5.74, 6) is -0.849. The molecule has 2 nitrogen and oxygen atoms in total. The van der Waals surface area contributed by atoms with Crippen LogP contribution < -0.4 is 10.5 Å². The summed E-state index contributed by atoms with van der Waals surface area (Å²) < 4.78 is 33.1. The Labute approximate surface area is 124 Å². The third kappa shape index (κ3) is 3.77. The minimum Gasteiger partial charge on any atom is -0.454 e. The number of hydrogen-bond acceptors (Lipinski definition) is 2. The molecular weight excluding hydrogens is 328 g/mol. The summed E-state index contributed by atoms with van der Waals surface area (Å²) in [6.07, 6.45) is 0.583. The van der Waals surface area contributed by atoms with Crippen molar-refractivity contribution < 1.29 is 13.5 Å². The zero-order chi connectivity index (χ0) is 14.7. The largest absolute Gasteiger partial charge is 0.454 e. The highest BCUT2D eigenvalue weighted by Crippen LogP contribution is 2.31. The first-order valence-electron chi connectivity index (χ1n) is 6.12. The molecule has 0 aliphatic carbocycles. The quantitative estimate of drug-likeness (QED) is 0.893. The predicted molar refractivity (Wildman–Crippen MR) is 77.9 cm³/mol. The predicted octanol–water partition coefficient (Wildman–Crippen LogP) is 4.41. The molecule has 1 atom stereocenters. The van der Waals surface area contributed by atoms with Gasteiger partial charge in [-0.15, -0.1) is 0 Å². The second-order valence-electron chi connectivity index (χ2n) is 4.61. The normalized spacial score (nSPS) is 12.2. The fourth-order valence-electron chi connectivity index (χ4n) is 1.81. The van der Waals surface area contributed by atoms with Crippen LogP contribution in [-0.2, 0) is 6.42 Å². The van der Waals surface area contributed by atoms with Crippen LogP contribution in [0.15, 0.2) is 40.9 Å². The molecule has 0 aromatic heterocycles. The molecule has 2 rings (SSSR count). The van der Waals surface area contributed by atoms with Gasteiger partial charge in [0.25, 0.3) is 0 Å². The Bertz CT molecular complexity index is 617. The van der Waals surface area contributed by atoms with Crippen molar-refractivity contribution in [1.29, 1.82) is 0 Å². The lowest BCUT2D eigenvalue weighted by atomic mass is 10.1. The lowest BCUT2D eigenvalue weighted by molar-refractivity contribution is 0.431. The fraction of sp³-hybridized carbons (Fsp3) is 0.200. The lowest BCUT2D eigenvalue weighted by Gasteiger charge is -2.14. The average molecular weight is 342 g/mol. The Balaban J connectivity index is 2.36. The van der Waals surface area contributed by atoms with E-state index in [1.54, 1.807) is 6.07 Å². The van der Waals surface area contributed by atoms with E-state index in [-0.39, 0.29) is 11.8 Å². The van der Waals surface area contributed by atoms with E-state index in [0.717, 1.165) is 28.2 Å². The molecule has 5 heteroatoms. The highest BCUT2D eigenvalue weighted by atomic mass is 79.9. The molecule has 2 N–H and O–H groups in total. The second-order valence-corrected chi connectivity index (χ2v) is 5.53. The smallest absolute Gasteiger partial charge is 0.165 e. The fourth-order valence-corrected chi connectivity index (χ4v) is 2.15. The van der Waals surface area contributed by atoms with E-state index in [1.807, 2.05) is 19.1 Å². The van der Waals surface area contributed by atoms with Crippen LogP contribution in [0, 0.1) is 11.6 Å². The van der Waals surface area contributed by atoms with Crippen LogP contribution >= 0.6 is 15.9 Å². The minimum absolute atomic E-state index is 0.0594. The molecule has 0 bridgehead atoms. The number of rotatable bonds is 4. The van der Waals surface area contributed by atoms with Crippen LogP contribution in [0.2, 0.25) is 0 Å². The van der Waals surface area contributed by atoms with Crippen molar-refractivity contribution in [1.82, 2.24) is 0 Å². The molecule has 2 aromatic carbocycles. The zero-order valence-electron chi connectivity index (χ0n) is 10.9. The van der Waals surface area contributed by atoms with E-state index in [0.29, 0.717) is 12.2 Å². The van der Waals surface area contributed by atoms with Crippen molar-refractivity contribution in [2.24, 2.45) is 5.73 Å². The average Bonchev–Trinajstić information content (AvgIpc) is 2.37. The van der Waals surface area contributed by atoms with Crippen LogP contribution in [0.4, 0.5) is 8.78 Å². The van der Waals surface area contributed by atoms with Crippen molar-refractivity contribution in [2.45, 2.75) is 19.4 Å². The van der Waals surface area contributed by atoms with Crippen LogP contribution in [0.1, 0.15) is 12.5 Å². The Hall–Kier alpha value is -1.46. The molecule has 0 fully saturated rings. The molecule has 0 heterocycles. The standard InChI is InChI=1S/C15H14BrF2NO/c1-9(19)6-10-2-3-11(16)7-14(10)20-15-8-12(17)4-5-13(15)18/h2-5,7-9H,6,19H2,1H3. The molecule has 0 aliphatic heterocycles. The van der Waals surface area contributed by atoms with Gasteiger partial charge in [0.1, 0.15) is 11.6 Å². The molecule has 106 valence electrons. The first kappa shape index (κ1) is 14.9. The summed E-state index contributed by atoms with van der Waals surface area (Å²) in [6, 6.07) is 8.45. The molecule has 0 spiro atoms. The molecule has 20 heavy (non-hydrogen) atoms. The van der Waals surface area contributed by atoms with E-state index in [9.17, 15) is 8.78 Å². The monoisotopic (exact) mass is 341 g/mol. The van der Waals surface area contributed by atoms with Crippen molar-refractivity contribution in [2.75, 3.05) is 0 Å². The first-order valence-corrected chi connectivity index (χ1v) is 6.92.